The van der Waals surface area contributed by atoms with Crippen molar-refractivity contribution >= 4 is 5.69 Å². The van der Waals surface area contributed by atoms with E-state index in [4.69, 9.17) is 19.9 Å². The molecule has 0 radical (unpaired) electrons. The first-order chi connectivity index (χ1) is 9.15. The van der Waals surface area contributed by atoms with E-state index in [0.717, 1.165) is 5.56 Å². The summed E-state index contributed by atoms with van der Waals surface area (Å²) in [6.07, 6.45) is 0. The lowest BCUT2D eigenvalue weighted by molar-refractivity contribution is 0.347. The molecule has 2 rings (SSSR count). The Kier molecular flexibility index (Phi) is 3.80. The highest BCUT2D eigenvalue weighted by molar-refractivity contribution is 5.59. The van der Waals surface area contributed by atoms with E-state index >= 15 is 0 Å². The van der Waals surface area contributed by atoms with Gasteiger partial charge in [0.2, 0.25) is 5.75 Å². The SMILES string of the molecule is COc1cccc(OC)c1Oc1ccc(C)cc1N. The summed E-state index contributed by atoms with van der Waals surface area (Å²) >= 11 is 0. The van der Waals surface area contributed by atoms with Crippen LogP contribution in [0.5, 0.6) is 23.0 Å². The zero-order valence-electron chi connectivity index (χ0n) is 11.3. The van der Waals surface area contributed by atoms with Crippen molar-refractivity contribution in [2.45, 2.75) is 6.92 Å². The molecule has 0 saturated carbocycles. The van der Waals surface area contributed by atoms with Crippen molar-refractivity contribution in [3.05, 3.63) is 42.0 Å². The lowest BCUT2D eigenvalue weighted by Crippen LogP contribution is -1.97. The van der Waals surface area contributed by atoms with Crippen LogP contribution >= 0.6 is 0 Å². The van der Waals surface area contributed by atoms with Crippen molar-refractivity contribution in [3.63, 3.8) is 0 Å². The van der Waals surface area contributed by atoms with Crippen molar-refractivity contribution in [2.24, 2.45) is 0 Å². The van der Waals surface area contributed by atoms with Gasteiger partial charge in [0.1, 0.15) is 0 Å². The van der Waals surface area contributed by atoms with Crippen molar-refractivity contribution in [3.8, 4) is 23.0 Å². The number of nitrogens with two attached hydrogens (primary N) is 1. The summed E-state index contributed by atoms with van der Waals surface area (Å²) in [5, 5.41) is 0. The molecular formula is C15H17NO3. The number of hydrogen-bond donors (Lipinski definition) is 1. The summed E-state index contributed by atoms with van der Waals surface area (Å²) in [6.45, 7) is 1.98. The van der Waals surface area contributed by atoms with E-state index in [2.05, 4.69) is 0 Å². The molecule has 0 aromatic heterocycles. The average molecular weight is 259 g/mol. The summed E-state index contributed by atoms with van der Waals surface area (Å²) in [5.74, 6) is 2.29. The van der Waals surface area contributed by atoms with Crippen molar-refractivity contribution < 1.29 is 14.2 Å². The standard InChI is InChI=1S/C15H17NO3/c1-10-7-8-12(11(16)9-10)19-15-13(17-2)5-4-6-14(15)18-3/h4-9H,16H2,1-3H3. The topological polar surface area (TPSA) is 53.7 Å². The summed E-state index contributed by atoms with van der Waals surface area (Å²) in [7, 11) is 3.17. The molecule has 0 unspecified atom stereocenters. The van der Waals surface area contributed by atoms with Gasteiger partial charge < -0.3 is 19.9 Å². The Morgan fingerprint density at radius 2 is 1.53 bits per heavy atom. The van der Waals surface area contributed by atoms with Crippen molar-refractivity contribution in [2.75, 3.05) is 20.0 Å². The van der Waals surface area contributed by atoms with Crippen LogP contribution in [0.25, 0.3) is 0 Å². The van der Waals surface area contributed by atoms with Crippen LogP contribution in [-0.4, -0.2) is 14.2 Å². The van der Waals surface area contributed by atoms with Crippen LogP contribution in [0.2, 0.25) is 0 Å². The van der Waals surface area contributed by atoms with Crippen LogP contribution in [0, 0.1) is 6.92 Å². The lowest BCUT2D eigenvalue weighted by atomic mass is 10.2. The zero-order chi connectivity index (χ0) is 13.8. The summed E-state index contributed by atoms with van der Waals surface area (Å²) in [5.41, 5.74) is 7.60. The van der Waals surface area contributed by atoms with Gasteiger partial charge in [-0.2, -0.15) is 0 Å². The minimum atomic E-state index is 0.517. The van der Waals surface area contributed by atoms with Crippen LogP contribution in [0.3, 0.4) is 0 Å². The molecule has 0 aliphatic heterocycles. The molecule has 0 aliphatic rings. The van der Waals surface area contributed by atoms with Crippen LogP contribution in [0.4, 0.5) is 5.69 Å². The quantitative estimate of drug-likeness (QED) is 0.855. The molecule has 100 valence electrons. The van der Waals surface area contributed by atoms with Gasteiger partial charge in [0, 0.05) is 0 Å². The fourth-order valence-corrected chi connectivity index (χ4v) is 1.79. The first-order valence-corrected chi connectivity index (χ1v) is 5.90. The van der Waals surface area contributed by atoms with E-state index in [1.165, 1.54) is 0 Å². The minimum absolute atomic E-state index is 0.517. The summed E-state index contributed by atoms with van der Waals surface area (Å²) < 4.78 is 16.4. The number of anilines is 1. The van der Waals surface area contributed by atoms with E-state index in [0.29, 0.717) is 28.7 Å². The van der Waals surface area contributed by atoms with E-state index in [9.17, 15) is 0 Å². The molecule has 19 heavy (non-hydrogen) atoms. The molecule has 4 nitrogen and oxygen atoms in total. The fraction of sp³-hybridized carbons (Fsp3) is 0.200. The number of hydrogen-bond acceptors (Lipinski definition) is 4. The van der Waals surface area contributed by atoms with Gasteiger partial charge in [-0.3, -0.25) is 0 Å². The van der Waals surface area contributed by atoms with Crippen molar-refractivity contribution in [1.82, 2.24) is 0 Å². The first kappa shape index (κ1) is 13.1. The first-order valence-electron chi connectivity index (χ1n) is 5.90. The summed E-state index contributed by atoms with van der Waals surface area (Å²) in [6, 6.07) is 11.1. The Balaban J connectivity index is 2.42. The van der Waals surface area contributed by atoms with Gasteiger partial charge in [-0.1, -0.05) is 12.1 Å². The van der Waals surface area contributed by atoms with E-state index in [-0.39, 0.29) is 0 Å². The number of methoxy groups -OCH3 is 2. The molecule has 0 spiro atoms. The maximum absolute atomic E-state index is 5.95. The second-order valence-corrected chi connectivity index (χ2v) is 4.13. The normalized spacial score (nSPS) is 10.1. The van der Waals surface area contributed by atoms with Crippen LogP contribution in [0.15, 0.2) is 36.4 Å². The number of para-hydroxylation sites is 1. The zero-order valence-corrected chi connectivity index (χ0v) is 11.3. The lowest BCUT2D eigenvalue weighted by Gasteiger charge is -2.15. The van der Waals surface area contributed by atoms with Gasteiger partial charge in [0.15, 0.2) is 17.2 Å². The largest absolute Gasteiger partial charge is 0.493 e. The molecule has 0 fully saturated rings. The molecular weight excluding hydrogens is 242 g/mol. The second kappa shape index (κ2) is 5.52. The predicted octanol–water partition coefficient (Wildman–Crippen LogP) is 3.39. The third-order valence-electron chi connectivity index (χ3n) is 2.76. The molecule has 2 aromatic carbocycles. The van der Waals surface area contributed by atoms with Gasteiger partial charge in [0.05, 0.1) is 19.9 Å². The number of ether oxygens (including phenoxy) is 3. The molecule has 0 heterocycles. The highest BCUT2D eigenvalue weighted by Gasteiger charge is 2.13. The van der Waals surface area contributed by atoms with Crippen LogP contribution in [-0.2, 0) is 0 Å². The number of nitrogen functional groups attached to an aromatic ring is 1. The Hall–Kier alpha value is -2.36. The number of aryl methyl sites for hydroxylation is 1. The maximum atomic E-state index is 5.95. The van der Waals surface area contributed by atoms with Gasteiger partial charge >= 0.3 is 0 Å². The molecule has 0 bridgehead atoms. The van der Waals surface area contributed by atoms with E-state index in [1.807, 2.05) is 43.3 Å². The second-order valence-electron chi connectivity index (χ2n) is 4.13. The highest BCUT2D eigenvalue weighted by atomic mass is 16.5. The highest BCUT2D eigenvalue weighted by Crippen LogP contribution is 2.41. The molecule has 0 amide bonds. The number of benzene rings is 2. The Bertz CT molecular complexity index is 559. The fourth-order valence-electron chi connectivity index (χ4n) is 1.79. The molecule has 4 heteroatoms. The monoisotopic (exact) mass is 259 g/mol. The Morgan fingerprint density at radius 1 is 0.895 bits per heavy atom. The molecule has 0 atom stereocenters. The van der Waals surface area contributed by atoms with Crippen LogP contribution in [0.1, 0.15) is 5.56 Å². The molecule has 2 aromatic rings. The maximum Gasteiger partial charge on any atom is 0.211 e. The van der Waals surface area contributed by atoms with E-state index < -0.39 is 0 Å². The van der Waals surface area contributed by atoms with Gasteiger partial charge in [-0.15, -0.1) is 0 Å². The Labute approximate surface area is 112 Å². The third kappa shape index (κ3) is 2.73. The van der Waals surface area contributed by atoms with Gasteiger partial charge in [-0.05, 0) is 36.8 Å². The molecule has 2 N–H and O–H groups in total. The third-order valence-corrected chi connectivity index (χ3v) is 2.76. The smallest absolute Gasteiger partial charge is 0.211 e. The Morgan fingerprint density at radius 3 is 2.05 bits per heavy atom. The average Bonchev–Trinajstić information content (AvgIpc) is 2.42. The van der Waals surface area contributed by atoms with E-state index in [1.54, 1.807) is 14.2 Å². The molecule has 0 saturated heterocycles. The van der Waals surface area contributed by atoms with Gasteiger partial charge in [0.25, 0.3) is 0 Å². The van der Waals surface area contributed by atoms with Crippen LogP contribution < -0.4 is 19.9 Å². The minimum Gasteiger partial charge on any atom is -0.493 e. The summed E-state index contributed by atoms with van der Waals surface area (Å²) in [4.78, 5) is 0. The predicted molar refractivity (Wildman–Crippen MR) is 75.2 cm³/mol. The van der Waals surface area contributed by atoms with Crippen molar-refractivity contribution in [1.29, 1.82) is 0 Å². The molecule has 0 aliphatic carbocycles. The van der Waals surface area contributed by atoms with Gasteiger partial charge in [-0.25, -0.2) is 0 Å². The number of rotatable bonds is 4.